The molecule has 0 N–H and O–H groups in total. The van der Waals surface area contributed by atoms with Gasteiger partial charge in [-0.3, -0.25) is 4.79 Å². The van der Waals surface area contributed by atoms with Gasteiger partial charge in [0, 0.05) is 11.3 Å². The third kappa shape index (κ3) is 6.10. The number of hydrogen-bond donors (Lipinski definition) is 0. The number of ether oxygens (including phenoxy) is 1. The molecule has 24 heavy (non-hydrogen) atoms. The zero-order chi connectivity index (χ0) is 17.3. The lowest BCUT2D eigenvalue weighted by Gasteiger charge is -2.24. The lowest BCUT2D eigenvalue weighted by Crippen LogP contribution is -2.30. The SMILES string of the molecule is C[C@H]1CC(CCCCCCC/C=C/I)(Sc2ccccc2)C(=O)O1. The molecule has 1 fully saturated rings. The molecule has 1 unspecified atom stereocenters. The molecule has 1 aliphatic rings. The molecule has 0 saturated carbocycles. The summed E-state index contributed by atoms with van der Waals surface area (Å²) in [7, 11) is 0. The van der Waals surface area contributed by atoms with E-state index in [0.29, 0.717) is 0 Å². The van der Waals surface area contributed by atoms with Crippen molar-refractivity contribution in [1.29, 1.82) is 0 Å². The number of allylic oxidation sites excluding steroid dienone is 1. The predicted octanol–water partition coefficient (Wildman–Crippen LogP) is 6.53. The first-order valence-corrected chi connectivity index (χ1v) is 10.9. The highest BCUT2D eigenvalue weighted by Gasteiger charge is 2.48. The second-order valence-corrected chi connectivity index (χ2v) is 8.67. The van der Waals surface area contributed by atoms with E-state index in [1.54, 1.807) is 11.8 Å². The van der Waals surface area contributed by atoms with Gasteiger partial charge in [-0.2, -0.15) is 0 Å². The highest BCUT2D eigenvalue weighted by molar-refractivity contribution is 14.1. The van der Waals surface area contributed by atoms with E-state index in [-0.39, 0.29) is 16.8 Å². The summed E-state index contributed by atoms with van der Waals surface area (Å²) in [6.45, 7) is 2.01. The lowest BCUT2D eigenvalue weighted by molar-refractivity contribution is -0.142. The van der Waals surface area contributed by atoms with E-state index in [0.717, 1.165) is 24.2 Å². The second kappa shape index (κ2) is 10.5. The van der Waals surface area contributed by atoms with Gasteiger partial charge >= 0.3 is 5.97 Å². The molecular formula is C20H27IO2S. The van der Waals surface area contributed by atoms with Crippen molar-refractivity contribution in [1.82, 2.24) is 0 Å². The normalized spacial score (nSPS) is 23.8. The zero-order valence-electron chi connectivity index (χ0n) is 14.4. The van der Waals surface area contributed by atoms with Crippen LogP contribution in [-0.4, -0.2) is 16.8 Å². The van der Waals surface area contributed by atoms with Gasteiger partial charge in [0.25, 0.3) is 0 Å². The van der Waals surface area contributed by atoms with E-state index in [1.165, 1.54) is 32.1 Å². The minimum atomic E-state index is -0.384. The minimum Gasteiger partial charge on any atom is -0.462 e. The summed E-state index contributed by atoms with van der Waals surface area (Å²) in [5.74, 6) is -0.0176. The molecule has 0 spiro atoms. The van der Waals surface area contributed by atoms with E-state index in [9.17, 15) is 4.79 Å². The van der Waals surface area contributed by atoms with Crippen LogP contribution in [0.25, 0.3) is 0 Å². The maximum atomic E-state index is 12.5. The molecule has 1 aliphatic heterocycles. The number of carbonyl (C=O) groups excluding carboxylic acids is 1. The standard InChI is InChI=1S/C20H27IO2S/c1-17-16-20(19(22)23-17,24-18-12-8-7-9-13-18)14-10-5-3-2-4-6-11-15-21/h7-9,11-13,15,17H,2-6,10,14,16H2,1H3/b15-11+/t17-,20?/m0/s1. The van der Waals surface area contributed by atoms with Crippen LogP contribution >= 0.6 is 34.4 Å². The molecule has 0 aromatic heterocycles. The van der Waals surface area contributed by atoms with Crippen LogP contribution in [0.4, 0.5) is 0 Å². The highest BCUT2D eigenvalue weighted by Crippen LogP contribution is 2.45. The van der Waals surface area contributed by atoms with Gasteiger partial charge in [-0.15, -0.1) is 11.8 Å². The van der Waals surface area contributed by atoms with E-state index in [4.69, 9.17) is 4.74 Å². The van der Waals surface area contributed by atoms with Gasteiger partial charge in [-0.05, 0) is 42.4 Å². The van der Waals surface area contributed by atoms with E-state index in [1.807, 2.05) is 25.1 Å². The summed E-state index contributed by atoms with van der Waals surface area (Å²) >= 11 is 3.97. The molecule has 2 rings (SSSR count). The Hall–Kier alpha value is -0.490. The van der Waals surface area contributed by atoms with Crippen molar-refractivity contribution >= 4 is 40.3 Å². The van der Waals surface area contributed by atoms with Crippen molar-refractivity contribution in [2.75, 3.05) is 0 Å². The molecule has 0 amide bonds. The Morgan fingerprint density at radius 1 is 1.21 bits per heavy atom. The summed E-state index contributed by atoms with van der Waals surface area (Å²) < 4.78 is 7.21. The summed E-state index contributed by atoms with van der Waals surface area (Å²) in [4.78, 5) is 13.7. The summed E-state index contributed by atoms with van der Waals surface area (Å²) in [5, 5.41) is 0. The van der Waals surface area contributed by atoms with Crippen LogP contribution in [0, 0.1) is 0 Å². The van der Waals surface area contributed by atoms with Gasteiger partial charge in [-0.25, -0.2) is 0 Å². The molecule has 4 heteroatoms. The fourth-order valence-electron chi connectivity index (χ4n) is 3.20. The molecule has 2 nitrogen and oxygen atoms in total. The van der Waals surface area contributed by atoms with E-state index in [2.05, 4.69) is 44.9 Å². The summed E-state index contributed by atoms with van der Waals surface area (Å²) in [5.41, 5.74) is 0. The maximum absolute atomic E-state index is 12.5. The smallest absolute Gasteiger partial charge is 0.322 e. The Kier molecular flexibility index (Phi) is 8.67. The Balaban J connectivity index is 1.83. The number of thioether (sulfide) groups is 1. The van der Waals surface area contributed by atoms with Gasteiger partial charge in [0.15, 0.2) is 0 Å². The van der Waals surface area contributed by atoms with Crippen LogP contribution in [0.3, 0.4) is 0 Å². The molecule has 0 bridgehead atoms. The number of esters is 1. The zero-order valence-corrected chi connectivity index (χ0v) is 17.4. The Morgan fingerprint density at radius 3 is 2.58 bits per heavy atom. The number of benzene rings is 1. The number of unbranched alkanes of at least 4 members (excludes halogenated alkanes) is 5. The van der Waals surface area contributed by atoms with Gasteiger partial charge in [0.1, 0.15) is 10.9 Å². The molecular weight excluding hydrogens is 431 g/mol. The molecule has 132 valence electrons. The second-order valence-electron chi connectivity index (χ2n) is 6.50. The van der Waals surface area contributed by atoms with Crippen molar-refractivity contribution in [3.8, 4) is 0 Å². The van der Waals surface area contributed by atoms with E-state index < -0.39 is 0 Å². The van der Waals surface area contributed by atoms with Crippen molar-refractivity contribution in [2.24, 2.45) is 0 Å². The highest BCUT2D eigenvalue weighted by atomic mass is 127. The molecule has 0 aliphatic carbocycles. The molecule has 1 aromatic rings. The van der Waals surface area contributed by atoms with Gasteiger partial charge in [0.05, 0.1) is 0 Å². The average Bonchev–Trinajstić information content (AvgIpc) is 2.84. The summed E-state index contributed by atoms with van der Waals surface area (Å²) in [6.07, 6.45) is 11.3. The fraction of sp³-hybridized carbons (Fsp3) is 0.550. The number of hydrogen-bond acceptors (Lipinski definition) is 3. The Morgan fingerprint density at radius 2 is 1.92 bits per heavy atom. The third-order valence-electron chi connectivity index (χ3n) is 4.39. The molecule has 0 radical (unpaired) electrons. The largest absolute Gasteiger partial charge is 0.462 e. The fourth-order valence-corrected chi connectivity index (χ4v) is 5.00. The third-order valence-corrected chi connectivity index (χ3v) is 6.34. The van der Waals surface area contributed by atoms with Crippen LogP contribution < -0.4 is 0 Å². The van der Waals surface area contributed by atoms with Crippen molar-refractivity contribution in [3.05, 3.63) is 40.5 Å². The number of rotatable bonds is 10. The van der Waals surface area contributed by atoms with Crippen molar-refractivity contribution in [2.45, 2.75) is 74.0 Å². The summed E-state index contributed by atoms with van der Waals surface area (Å²) in [6, 6.07) is 10.3. The monoisotopic (exact) mass is 458 g/mol. The van der Waals surface area contributed by atoms with Gasteiger partial charge in [0.2, 0.25) is 0 Å². The van der Waals surface area contributed by atoms with E-state index >= 15 is 0 Å². The molecule has 1 saturated heterocycles. The molecule has 2 atom stereocenters. The van der Waals surface area contributed by atoms with Gasteiger partial charge in [-0.1, -0.05) is 72.5 Å². The maximum Gasteiger partial charge on any atom is 0.322 e. The predicted molar refractivity (Wildman–Crippen MR) is 111 cm³/mol. The molecule has 1 aromatic carbocycles. The van der Waals surface area contributed by atoms with Crippen molar-refractivity contribution < 1.29 is 9.53 Å². The van der Waals surface area contributed by atoms with Crippen LogP contribution in [0.5, 0.6) is 0 Å². The Labute approximate surface area is 164 Å². The van der Waals surface area contributed by atoms with Crippen LogP contribution in [-0.2, 0) is 9.53 Å². The average molecular weight is 458 g/mol. The van der Waals surface area contributed by atoms with Crippen molar-refractivity contribution in [3.63, 3.8) is 0 Å². The quantitative estimate of drug-likeness (QED) is 0.227. The molecule has 1 heterocycles. The number of halogens is 1. The number of carbonyl (C=O) groups is 1. The van der Waals surface area contributed by atoms with Crippen LogP contribution in [0.2, 0.25) is 0 Å². The lowest BCUT2D eigenvalue weighted by atomic mass is 9.96. The first-order valence-electron chi connectivity index (χ1n) is 8.87. The van der Waals surface area contributed by atoms with Crippen LogP contribution in [0.1, 0.15) is 58.3 Å². The van der Waals surface area contributed by atoms with Gasteiger partial charge < -0.3 is 4.74 Å². The minimum absolute atomic E-state index is 0.0176. The first kappa shape index (κ1) is 19.8. The first-order chi connectivity index (χ1) is 11.7. The number of cyclic esters (lactones) is 1. The topological polar surface area (TPSA) is 26.3 Å². The van der Waals surface area contributed by atoms with Crippen LogP contribution in [0.15, 0.2) is 45.4 Å². The Bertz CT molecular complexity index is 532.